The highest BCUT2D eigenvalue weighted by atomic mass is 32.2. The number of rotatable bonds is 7. The number of para-hydroxylation sites is 2. The van der Waals surface area contributed by atoms with Gasteiger partial charge in [0.05, 0.1) is 6.61 Å². The van der Waals surface area contributed by atoms with Crippen LogP contribution in [0.4, 0.5) is 5.69 Å². The molecule has 0 aliphatic rings. The molecule has 6 nitrogen and oxygen atoms in total. The molecule has 0 spiro atoms. The summed E-state index contributed by atoms with van der Waals surface area (Å²) in [5, 5.41) is 2.75. The minimum absolute atomic E-state index is 0.0869. The Balaban J connectivity index is 1.82. The highest BCUT2D eigenvalue weighted by molar-refractivity contribution is 7.87. The largest absolute Gasteiger partial charge is 0.490 e. The average molecular weight is 411 g/mol. The first-order valence-corrected chi connectivity index (χ1v) is 10.4. The van der Waals surface area contributed by atoms with Crippen molar-refractivity contribution in [3.8, 4) is 11.5 Å². The minimum atomic E-state index is -4.15. The van der Waals surface area contributed by atoms with Crippen LogP contribution in [0.5, 0.6) is 11.5 Å². The van der Waals surface area contributed by atoms with Gasteiger partial charge in [0, 0.05) is 11.3 Å². The highest BCUT2D eigenvalue weighted by Gasteiger charge is 2.20. The van der Waals surface area contributed by atoms with Crippen molar-refractivity contribution in [2.24, 2.45) is 0 Å². The van der Waals surface area contributed by atoms with Gasteiger partial charge in [-0.1, -0.05) is 35.9 Å². The standard InChI is InChI=1S/C22H21NO5S/c1-3-27-20-9-4-5-10-21(20)28-29(25,26)19-8-6-7-17(15-19)22(24)23-18-13-11-16(2)12-14-18/h4-15H,3H2,1-2H3,(H,23,24). The van der Waals surface area contributed by atoms with Gasteiger partial charge in [-0.2, -0.15) is 8.42 Å². The van der Waals surface area contributed by atoms with E-state index in [1.807, 2.05) is 19.1 Å². The van der Waals surface area contributed by atoms with Crippen LogP contribution in [0.1, 0.15) is 22.8 Å². The molecule has 0 aliphatic carbocycles. The molecule has 3 aromatic carbocycles. The maximum atomic E-state index is 12.7. The number of amides is 1. The molecule has 0 saturated carbocycles. The Morgan fingerprint density at radius 1 is 0.931 bits per heavy atom. The van der Waals surface area contributed by atoms with Crippen molar-refractivity contribution in [1.82, 2.24) is 0 Å². The zero-order chi connectivity index (χ0) is 20.9. The summed E-state index contributed by atoms with van der Waals surface area (Å²) in [6.07, 6.45) is 0. The molecule has 150 valence electrons. The SMILES string of the molecule is CCOc1ccccc1OS(=O)(=O)c1cccc(C(=O)Nc2ccc(C)cc2)c1. The Morgan fingerprint density at radius 2 is 1.62 bits per heavy atom. The lowest BCUT2D eigenvalue weighted by atomic mass is 10.2. The Bertz CT molecular complexity index is 1110. The third kappa shape index (κ3) is 5.14. The first-order chi connectivity index (χ1) is 13.9. The third-order valence-corrected chi connectivity index (χ3v) is 5.27. The summed E-state index contributed by atoms with van der Waals surface area (Å²) in [5.74, 6) is -0.00340. The van der Waals surface area contributed by atoms with Crippen molar-refractivity contribution >= 4 is 21.7 Å². The maximum absolute atomic E-state index is 12.7. The minimum Gasteiger partial charge on any atom is -0.490 e. The Hall–Kier alpha value is -3.32. The number of hydrogen-bond acceptors (Lipinski definition) is 5. The van der Waals surface area contributed by atoms with Crippen LogP contribution < -0.4 is 14.2 Å². The predicted molar refractivity (Wildman–Crippen MR) is 111 cm³/mol. The van der Waals surface area contributed by atoms with Gasteiger partial charge in [-0.05, 0) is 56.3 Å². The molecule has 0 radical (unpaired) electrons. The fourth-order valence-electron chi connectivity index (χ4n) is 2.59. The number of carbonyl (C=O) groups excluding carboxylic acids is 1. The van der Waals surface area contributed by atoms with Gasteiger partial charge in [-0.3, -0.25) is 4.79 Å². The van der Waals surface area contributed by atoms with Gasteiger partial charge in [0.1, 0.15) is 4.90 Å². The number of carbonyl (C=O) groups is 1. The molecule has 0 aromatic heterocycles. The molecule has 0 atom stereocenters. The Labute approximate surface area is 170 Å². The smallest absolute Gasteiger partial charge is 0.339 e. The number of hydrogen-bond donors (Lipinski definition) is 1. The summed E-state index contributed by atoms with van der Waals surface area (Å²) in [5.41, 5.74) is 1.89. The van der Waals surface area contributed by atoms with E-state index in [-0.39, 0.29) is 16.2 Å². The van der Waals surface area contributed by atoms with Crippen molar-refractivity contribution in [3.05, 3.63) is 83.9 Å². The summed E-state index contributed by atoms with van der Waals surface area (Å²) >= 11 is 0. The van der Waals surface area contributed by atoms with Crippen molar-refractivity contribution in [1.29, 1.82) is 0 Å². The Kier molecular flexibility index (Phi) is 6.19. The summed E-state index contributed by atoms with van der Waals surface area (Å²) < 4.78 is 36.1. The molecule has 0 bridgehead atoms. The van der Waals surface area contributed by atoms with Gasteiger partial charge in [0.15, 0.2) is 11.5 Å². The van der Waals surface area contributed by atoms with E-state index in [0.29, 0.717) is 18.0 Å². The lowest BCUT2D eigenvalue weighted by molar-refractivity contribution is 0.102. The molecule has 0 fully saturated rings. The van der Waals surface area contributed by atoms with Crippen molar-refractivity contribution in [2.45, 2.75) is 18.7 Å². The fraction of sp³-hybridized carbons (Fsp3) is 0.136. The molecule has 7 heteroatoms. The molecule has 29 heavy (non-hydrogen) atoms. The molecule has 1 amide bonds. The topological polar surface area (TPSA) is 81.7 Å². The molecule has 0 heterocycles. The van der Waals surface area contributed by atoms with Crippen LogP contribution in [0.2, 0.25) is 0 Å². The molecule has 0 unspecified atom stereocenters. The molecular formula is C22H21NO5S. The molecular weight excluding hydrogens is 390 g/mol. The van der Waals surface area contributed by atoms with E-state index in [1.165, 1.54) is 30.3 Å². The maximum Gasteiger partial charge on any atom is 0.339 e. The van der Waals surface area contributed by atoms with E-state index >= 15 is 0 Å². The van der Waals surface area contributed by atoms with Crippen LogP contribution in [0.3, 0.4) is 0 Å². The fourth-order valence-corrected chi connectivity index (χ4v) is 3.58. The number of anilines is 1. The zero-order valence-corrected chi connectivity index (χ0v) is 16.9. The van der Waals surface area contributed by atoms with Gasteiger partial charge in [0.25, 0.3) is 5.91 Å². The van der Waals surface area contributed by atoms with E-state index in [0.717, 1.165) is 5.56 Å². The molecule has 3 aromatic rings. The zero-order valence-electron chi connectivity index (χ0n) is 16.1. The van der Waals surface area contributed by atoms with Crippen molar-refractivity contribution < 1.29 is 22.1 Å². The second kappa shape index (κ2) is 8.79. The molecule has 0 saturated heterocycles. The lowest BCUT2D eigenvalue weighted by Gasteiger charge is -2.12. The second-order valence-corrected chi connectivity index (χ2v) is 7.81. The summed E-state index contributed by atoms with van der Waals surface area (Å²) in [6.45, 7) is 4.11. The lowest BCUT2D eigenvalue weighted by Crippen LogP contribution is -2.15. The first-order valence-electron chi connectivity index (χ1n) is 9.03. The number of nitrogens with one attached hydrogen (secondary N) is 1. The number of aryl methyl sites for hydroxylation is 1. The summed E-state index contributed by atoms with van der Waals surface area (Å²) in [4.78, 5) is 12.4. The van der Waals surface area contributed by atoms with Crippen LogP contribution in [0.25, 0.3) is 0 Å². The predicted octanol–water partition coefficient (Wildman–Crippen LogP) is 4.41. The quantitative estimate of drug-likeness (QED) is 0.582. The Morgan fingerprint density at radius 3 is 2.31 bits per heavy atom. The second-order valence-electron chi connectivity index (χ2n) is 6.27. The van der Waals surface area contributed by atoms with Crippen LogP contribution in [-0.2, 0) is 10.1 Å². The highest BCUT2D eigenvalue weighted by Crippen LogP contribution is 2.29. The van der Waals surface area contributed by atoms with E-state index in [9.17, 15) is 13.2 Å². The first kappa shape index (κ1) is 20.4. The average Bonchev–Trinajstić information content (AvgIpc) is 2.71. The van der Waals surface area contributed by atoms with Crippen LogP contribution in [0.15, 0.2) is 77.7 Å². The van der Waals surface area contributed by atoms with Crippen molar-refractivity contribution in [2.75, 3.05) is 11.9 Å². The molecule has 3 rings (SSSR count). The summed E-state index contributed by atoms with van der Waals surface area (Å²) in [7, 11) is -4.15. The number of benzene rings is 3. The third-order valence-electron chi connectivity index (χ3n) is 4.04. The molecule has 0 aliphatic heterocycles. The van der Waals surface area contributed by atoms with E-state index < -0.39 is 16.0 Å². The summed E-state index contributed by atoms with van der Waals surface area (Å²) in [6, 6.07) is 19.5. The van der Waals surface area contributed by atoms with Gasteiger partial charge in [0.2, 0.25) is 0 Å². The van der Waals surface area contributed by atoms with Crippen LogP contribution in [0, 0.1) is 6.92 Å². The van der Waals surface area contributed by atoms with Gasteiger partial charge in [-0.25, -0.2) is 0 Å². The van der Waals surface area contributed by atoms with E-state index in [1.54, 1.807) is 37.3 Å². The van der Waals surface area contributed by atoms with Gasteiger partial charge in [-0.15, -0.1) is 0 Å². The van der Waals surface area contributed by atoms with Crippen molar-refractivity contribution in [3.63, 3.8) is 0 Å². The van der Waals surface area contributed by atoms with Crippen LogP contribution in [-0.4, -0.2) is 20.9 Å². The molecule has 1 N–H and O–H groups in total. The van der Waals surface area contributed by atoms with Gasteiger partial charge < -0.3 is 14.2 Å². The normalized spacial score (nSPS) is 11.0. The number of ether oxygens (including phenoxy) is 1. The van der Waals surface area contributed by atoms with E-state index in [4.69, 9.17) is 8.92 Å². The monoisotopic (exact) mass is 411 g/mol. The van der Waals surface area contributed by atoms with Crippen LogP contribution >= 0.6 is 0 Å². The van der Waals surface area contributed by atoms with Gasteiger partial charge >= 0.3 is 10.1 Å². The van der Waals surface area contributed by atoms with E-state index in [2.05, 4.69) is 5.32 Å².